The monoisotopic (exact) mass is 495 g/mol. The molecule has 5 N–H and O–H groups in total. The first kappa shape index (κ1) is 25.0. The molecule has 1 aromatic heterocycles. The summed E-state index contributed by atoms with van der Waals surface area (Å²) in [4.78, 5) is 32.0. The Labute approximate surface area is 206 Å². The summed E-state index contributed by atoms with van der Waals surface area (Å²) in [5, 5.41) is 6.72. The van der Waals surface area contributed by atoms with Gasteiger partial charge >= 0.3 is 0 Å². The number of aliphatic imine (C=N–C) groups is 1. The van der Waals surface area contributed by atoms with Crippen LogP contribution in [0.2, 0.25) is 0 Å². The van der Waals surface area contributed by atoms with Crippen LogP contribution in [0.15, 0.2) is 52.3 Å². The van der Waals surface area contributed by atoms with Crippen molar-refractivity contribution < 1.29 is 13.6 Å². The Balaban J connectivity index is 1.75. The van der Waals surface area contributed by atoms with E-state index >= 15 is 0 Å². The minimum atomic E-state index is -0.984. The van der Waals surface area contributed by atoms with Gasteiger partial charge in [-0.05, 0) is 50.6 Å². The number of nitrogen functional groups attached to an aromatic ring is 1. The van der Waals surface area contributed by atoms with Gasteiger partial charge in [-0.3, -0.25) is 14.6 Å². The van der Waals surface area contributed by atoms with E-state index in [1.165, 1.54) is 12.1 Å². The highest BCUT2D eigenvalue weighted by atomic mass is 19.1. The maximum Gasteiger partial charge on any atom is 0.276 e. The Morgan fingerprint density at radius 3 is 2.53 bits per heavy atom. The average molecular weight is 496 g/mol. The maximum atomic E-state index is 14.3. The van der Waals surface area contributed by atoms with Crippen molar-refractivity contribution in [3.05, 3.63) is 75.7 Å². The highest BCUT2D eigenvalue weighted by Crippen LogP contribution is 2.35. The van der Waals surface area contributed by atoms with E-state index in [9.17, 15) is 18.4 Å². The molecule has 3 aromatic rings. The van der Waals surface area contributed by atoms with Crippen LogP contribution >= 0.6 is 0 Å². The summed E-state index contributed by atoms with van der Waals surface area (Å²) in [6, 6.07) is 8.69. The van der Waals surface area contributed by atoms with Gasteiger partial charge in [0.05, 0.1) is 11.4 Å². The second-order valence-electron chi connectivity index (χ2n) is 8.82. The van der Waals surface area contributed by atoms with Crippen LogP contribution in [0.25, 0.3) is 5.69 Å². The first-order valence-electron chi connectivity index (χ1n) is 11.5. The molecule has 1 amide bonds. The van der Waals surface area contributed by atoms with Crippen LogP contribution < -0.4 is 27.2 Å². The quantitative estimate of drug-likeness (QED) is 0.356. The molecule has 0 saturated carbocycles. The molecule has 1 saturated heterocycles. The number of hydrogen-bond acceptors (Lipinski definition) is 7. The van der Waals surface area contributed by atoms with Crippen LogP contribution in [-0.4, -0.2) is 47.1 Å². The third-order valence-corrected chi connectivity index (χ3v) is 5.72. The number of anilines is 3. The van der Waals surface area contributed by atoms with Gasteiger partial charge in [-0.15, -0.1) is 0 Å². The molecule has 0 radical (unpaired) electrons. The first-order valence-corrected chi connectivity index (χ1v) is 11.5. The lowest BCUT2D eigenvalue weighted by molar-refractivity contribution is 0.102. The molecule has 0 bridgehead atoms. The maximum absolute atomic E-state index is 14.3. The normalized spacial score (nSPS) is 15.7. The molecule has 0 spiro atoms. The zero-order chi connectivity index (χ0) is 26.0. The predicted molar refractivity (Wildman–Crippen MR) is 136 cm³/mol. The Hall–Kier alpha value is -4.12. The van der Waals surface area contributed by atoms with Crippen LogP contribution in [0.1, 0.15) is 36.3 Å². The molecule has 0 aliphatic carbocycles. The molecular weight excluding hydrogens is 468 g/mol. The van der Waals surface area contributed by atoms with Crippen molar-refractivity contribution in [2.24, 2.45) is 10.7 Å². The number of carbonyl (C=O) groups is 1. The number of halogens is 2. The lowest BCUT2D eigenvalue weighted by Gasteiger charge is -2.25. The molecule has 2 aromatic carbocycles. The van der Waals surface area contributed by atoms with Gasteiger partial charge in [-0.2, -0.15) is 9.78 Å². The molecule has 9 nitrogen and oxygen atoms in total. The smallest absolute Gasteiger partial charge is 0.276 e. The minimum absolute atomic E-state index is 0.0281. The number of nitrogens with two attached hydrogens (primary N) is 2. The van der Waals surface area contributed by atoms with E-state index in [0.717, 1.165) is 24.6 Å². The van der Waals surface area contributed by atoms with Crippen molar-refractivity contribution in [1.29, 1.82) is 0 Å². The van der Waals surface area contributed by atoms with Gasteiger partial charge in [0.1, 0.15) is 11.4 Å². The van der Waals surface area contributed by atoms with Crippen molar-refractivity contribution in [3.8, 4) is 5.69 Å². The summed E-state index contributed by atoms with van der Waals surface area (Å²) in [5.41, 5.74) is 12.9. The predicted octanol–water partition coefficient (Wildman–Crippen LogP) is 2.71. The summed E-state index contributed by atoms with van der Waals surface area (Å²) in [7, 11) is 0. The number of para-hydroxylation sites is 1. The Morgan fingerprint density at radius 1 is 1.17 bits per heavy atom. The number of aromatic nitrogens is 2. The summed E-state index contributed by atoms with van der Waals surface area (Å²) < 4.78 is 29.1. The zero-order valence-electron chi connectivity index (χ0n) is 19.9. The molecule has 1 atom stereocenters. The van der Waals surface area contributed by atoms with Gasteiger partial charge in [0.25, 0.3) is 11.5 Å². The van der Waals surface area contributed by atoms with Gasteiger partial charge in [0.2, 0.25) is 0 Å². The van der Waals surface area contributed by atoms with Gasteiger partial charge < -0.3 is 21.7 Å². The van der Waals surface area contributed by atoms with E-state index in [4.69, 9.17) is 11.5 Å². The third kappa shape index (κ3) is 5.10. The Bertz CT molecular complexity index is 1370. The van der Waals surface area contributed by atoms with Gasteiger partial charge in [-0.1, -0.05) is 6.07 Å². The van der Waals surface area contributed by atoms with E-state index in [0.29, 0.717) is 40.4 Å². The molecule has 1 fully saturated rings. The molecule has 188 valence electrons. The summed E-state index contributed by atoms with van der Waals surface area (Å²) in [6.07, 6.45) is 2.44. The van der Waals surface area contributed by atoms with Gasteiger partial charge in [-0.25, -0.2) is 8.78 Å². The topological polar surface area (TPSA) is 132 Å². The highest BCUT2D eigenvalue weighted by molar-refractivity contribution is 6.08. The Morgan fingerprint density at radius 2 is 1.89 bits per heavy atom. The number of nitrogens with zero attached hydrogens (tertiary/aromatic N) is 4. The van der Waals surface area contributed by atoms with Crippen LogP contribution in [0.5, 0.6) is 0 Å². The number of rotatable bonds is 6. The van der Waals surface area contributed by atoms with Gasteiger partial charge in [0, 0.05) is 48.7 Å². The number of carbonyl (C=O) groups excluding carboxylic acids is 1. The average Bonchev–Trinajstić information content (AvgIpc) is 3.25. The van der Waals surface area contributed by atoms with Crippen LogP contribution in [0.3, 0.4) is 0 Å². The Kier molecular flexibility index (Phi) is 7.11. The van der Waals surface area contributed by atoms with Crippen molar-refractivity contribution in [2.45, 2.75) is 32.4 Å². The number of benzene rings is 2. The molecule has 11 heteroatoms. The minimum Gasteiger partial charge on any atom is -0.398 e. The second-order valence-corrected chi connectivity index (χ2v) is 8.82. The lowest BCUT2D eigenvalue weighted by atomic mass is 10.1. The lowest BCUT2D eigenvalue weighted by Crippen LogP contribution is -2.29. The van der Waals surface area contributed by atoms with Crippen molar-refractivity contribution in [1.82, 2.24) is 9.78 Å². The number of amides is 1. The standard InChI is InChI=1S/C25H27F2N7O2/c1-14(2)30-12-16-19(29)6-7-20(23(16)33-11-10-15(28)13-33)31-25(36)21-8-9-22(35)34(32-21)24-17(26)4-3-5-18(24)27/h3-9,12,14-15H,10-11,13,28-29H2,1-2H3,(H,31,36). The molecule has 4 rings (SSSR count). The SMILES string of the molecule is CC(C)N=Cc1c(N)ccc(NC(=O)c2ccc(=O)n(-c3c(F)cccc3F)n2)c1N1CCC(N)C1. The van der Waals surface area contributed by atoms with Gasteiger partial charge in [0.15, 0.2) is 11.6 Å². The second kappa shape index (κ2) is 10.2. The van der Waals surface area contributed by atoms with Crippen molar-refractivity contribution in [3.63, 3.8) is 0 Å². The van der Waals surface area contributed by atoms with E-state index in [-0.39, 0.29) is 17.8 Å². The fourth-order valence-corrected chi connectivity index (χ4v) is 3.99. The molecule has 1 aliphatic heterocycles. The summed E-state index contributed by atoms with van der Waals surface area (Å²) in [5.74, 6) is -2.65. The molecule has 36 heavy (non-hydrogen) atoms. The van der Waals surface area contributed by atoms with Crippen LogP contribution in [0.4, 0.5) is 25.8 Å². The third-order valence-electron chi connectivity index (χ3n) is 5.72. The fraction of sp³-hybridized carbons (Fsp3) is 0.280. The summed E-state index contributed by atoms with van der Waals surface area (Å²) >= 11 is 0. The van der Waals surface area contributed by atoms with Crippen LogP contribution in [-0.2, 0) is 0 Å². The van der Waals surface area contributed by atoms with Crippen LogP contribution in [0, 0.1) is 11.6 Å². The highest BCUT2D eigenvalue weighted by Gasteiger charge is 2.26. The first-order chi connectivity index (χ1) is 17.2. The molecule has 1 aliphatic rings. The number of hydrogen-bond donors (Lipinski definition) is 3. The fourth-order valence-electron chi connectivity index (χ4n) is 3.99. The number of nitrogens with one attached hydrogen (secondary N) is 1. The van der Waals surface area contributed by atoms with Crippen molar-refractivity contribution >= 4 is 29.2 Å². The largest absolute Gasteiger partial charge is 0.398 e. The van der Waals surface area contributed by atoms with E-state index in [2.05, 4.69) is 15.4 Å². The van der Waals surface area contributed by atoms with E-state index in [1.807, 2.05) is 18.7 Å². The van der Waals surface area contributed by atoms with E-state index in [1.54, 1.807) is 18.3 Å². The van der Waals surface area contributed by atoms with Crippen molar-refractivity contribution in [2.75, 3.05) is 29.0 Å². The van der Waals surface area contributed by atoms with E-state index < -0.39 is 28.8 Å². The molecular formula is C25H27F2N7O2. The zero-order valence-corrected chi connectivity index (χ0v) is 19.9. The molecule has 1 unspecified atom stereocenters. The summed E-state index contributed by atoms with van der Waals surface area (Å²) in [6.45, 7) is 5.09. The molecule has 2 heterocycles.